The van der Waals surface area contributed by atoms with Gasteiger partial charge in [0.1, 0.15) is 11.1 Å². The zero-order valence-electron chi connectivity index (χ0n) is 12.3. The van der Waals surface area contributed by atoms with Crippen molar-refractivity contribution in [3.63, 3.8) is 0 Å². The topological polar surface area (TPSA) is 123 Å². The number of nitriles is 1. The molecule has 0 aliphatic heterocycles. The van der Waals surface area contributed by atoms with E-state index in [9.17, 15) is 10.1 Å². The molecule has 3 aromatic rings. The van der Waals surface area contributed by atoms with Crippen molar-refractivity contribution in [1.82, 2.24) is 25.2 Å². The monoisotopic (exact) mass is 339 g/mol. The predicted molar refractivity (Wildman–Crippen MR) is 83.6 cm³/mol. The number of tetrazole rings is 1. The highest BCUT2D eigenvalue weighted by Gasteiger charge is 2.18. The molecule has 0 amide bonds. The molecule has 0 N–H and O–H groups in total. The first kappa shape index (κ1) is 15.6. The molecule has 0 saturated heterocycles. The Morgan fingerprint density at radius 3 is 2.67 bits per heavy atom. The summed E-state index contributed by atoms with van der Waals surface area (Å²) in [6, 6.07) is 12.0. The second kappa shape index (κ2) is 6.43. The summed E-state index contributed by atoms with van der Waals surface area (Å²) in [5.74, 6) is 0. The molecule has 1 aromatic carbocycles. The van der Waals surface area contributed by atoms with E-state index in [1.54, 1.807) is 6.07 Å². The van der Waals surface area contributed by atoms with Gasteiger partial charge in [0.15, 0.2) is 0 Å². The molecule has 0 fully saturated rings. The lowest BCUT2D eigenvalue weighted by Crippen LogP contribution is -2.00. The maximum absolute atomic E-state index is 10.8. The van der Waals surface area contributed by atoms with Gasteiger partial charge in [-0.1, -0.05) is 17.7 Å². The highest BCUT2D eigenvalue weighted by Crippen LogP contribution is 2.28. The van der Waals surface area contributed by atoms with Gasteiger partial charge in [-0.2, -0.15) is 9.94 Å². The molecule has 0 unspecified atom stereocenters. The Morgan fingerprint density at radius 1 is 1.25 bits per heavy atom. The van der Waals surface area contributed by atoms with Crippen LogP contribution < -0.4 is 0 Å². The molecular weight excluding hydrogens is 330 g/mol. The fourth-order valence-corrected chi connectivity index (χ4v) is 2.67. The van der Waals surface area contributed by atoms with Crippen molar-refractivity contribution in [3.05, 3.63) is 57.8 Å². The zero-order valence-corrected chi connectivity index (χ0v) is 13.1. The van der Waals surface area contributed by atoms with Gasteiger partial charge >= 0.3 is 5.69 Å². The first-order valence-corrected chi connectivity index (χ1v) is 7.49. The molecule has 0 bridgehead atoms. The number of pyridine rings is 1. The van der Waals surface area contributed by atoms with Crippen LogP contribution in [0.15, 0.2) is 46.6 Å². The quantitative estimate of drug-likeness (QED) is 0.524. The number of rotatable bonds is 4. The van der Waals surface area contributed by atoms with Gasteiger partial charge in [0.25, 0.3) is 0 Å². The number of aromatic nitrogens is 5. The average Bonchev–Trinajstić information content (AvgIpc) is 3.03. The van der Waals surface area contributed by atoms with Gasteiger partial charge in [-0.25, -0.2) is 4.98 Å². The Labute approximate surface area is 140 Å². The van der Waals surface area contributed by atoms with E-state index in [1.807, 2.05) is 31.2 Å². The fraction of sp³-hybridized carbons (Fsp3) is 0.0714. The Morgan fingerprint density at radius 2 is 2.00 bits per heavy atom. The zero-order chi connectivity index (χ0) is 17.1. The third kappa shape index (κ3) is 3.06. The van der Waals surface area contributed by atoms with Crippen LogP contribution in [0.2, 0.25) is 0 Å². The smallest absolute Gasteiger partial charge is 0.258 e. The lowest BCUT2D eigenvalue weighted by Gasteiger charge is -2.04. The summed E-state index contributed by atoms with van der Waals surface area (Å²) in [4.78, 5) is 14.2. The van der Waals surface area contributed by atoms with Crippen molar-refractivity contribution < 1.29 is 4.92 Å². The number of hydrogen-bond acceptors (Lipinski definition) is 8. The Bertz CT molecular complexity index is 947. The highest BCUT2D eigenvalue weighted by atomic mass is 32.2. The molecule has 9 nitrogen and oxygen atoms in total. The second-order valence-electron chi connectivity index (χ2n) is 4.70. The van der Waals surface area contributed by atoms with Crippen LogP contribution in [0, 0.1) is 28.4 Å². The largest absolute Gasteiger partial charge is 0.305 e. The molecule has 0 aliphatic carbocycles. The van der Waals surface area contributed by atoms with Crippen molar-refractivity contribution in [3.8, 4) is 11.8 Å². The van der Waals surface area contributed by atoms with E-state index in [1.165, 1.54) is 16.8 Å². The Kier molecular flexibility index (Phi) is 4.17. The summed E-state index contributed by atoms with van der Waals surface area (Å²) in [7, 11) is 0. The van der Waals surface area contributed by atoms with Gasteiger partial charge in [-0.15, -0.1) is 5.10 Å². The maximum Gasteiger partial charge on any atom is 0.305 e. The molecule has 2 heterocycles. The molecule has 0 atom stereocenters. The first-order valence-electron chi connectivity index (χ1n) is 6.67. The minimum absolute atomic E-state index is 0.251. The van der Waals surface area contributed by atoms with Gasteiger partial charge in [0, 0.05) is 6.07 Å². The summed E-state index contributed by atoms with van der Waals surface area (Å²) in [6.45, 7) is 1.98. The standard InChI is InChI=1S/C14H9N7O2S/c1-9-2-4-10(5-3-9)20-14(17-18-19-20)24-13-7-6-12(21(22)23)11(8-15)16-13/h2-7H,1H3. The Balaban J connectivity index is 1.93. The van der Waals surface area contributed by atoms with Gasteiger partial charge in [0.05, 0.1) is 10.6 Å². The number of nitrogens with zero attached hydrogens (tertiary/aromatic N) is 7. The third-order valence-corrected chi connectivity index (χ3v) is 3.94. The normalized spacial score (nSPS) is 10.3. The van der Waals surface area contributed by atoms with Crippen LogP contribution in [0.25, 0.3) is 5.69 Å². The van der Waals surface area contributed by atoms with Gasteiger partial charge in [0.2, 0.25) is 10.9 Å². The molecule has 2 aromatic heterocycles. The minimum Gasteiger partial charge on any atom is -0.258 e. The van der Waals surface area contributed by atoms with Crippen LogP contribution in [-0.4, -0.2) is 30.1 Å². The third-order valence-electron chi connectivity index (χ3n) is 3.07. The summed E-state index contributed by atoms with van der Waals surface area (Å²) < 4.78 is 1.53. The number of nitro groups is 1. The van der Waals surface area contributed by atoms with E-state index in [2.05, 4.69) is 20.5 Å². The van der Waals surface area contributed by atoms with E-state index >= 15 is 0 Å². The number of aryl methyl sites for hydroxylation is 1. The van der Waals surface area contributed by atoms with Crippen LogP contribution in [0.5, 0.6) is 0 Å². The van der Waals surface area contributed by atoms with E-state index in [4.69, 9.17) is 5.26 Å². The van der Waals surface area contributed by atoms with Crippen molar-refractivity contribution in [2.45, 2.75) is 17.1 Å². The number of benzene rings is 1. The van der Waals surface area contributed by atoms with Gasteiger partial charge < -0.3 is 0 Å². The van der Waals surface area contributed by atoms with E-state index in [-0.39, 0.29) is 11.4 Å². The summed E-state index contributed by atoms with van der Waals surface area (Å²) in [6.07, 6.45) is 0. The van der Waals surface area contributed by atoms with E-state index < -0.39 is 4.92 Å². The molecule has 3 rings (SSSR count). The van der Waals surface area contributed by atoms with Gasteiger partial charge in [-0.3, -0.25) is 10.1 Å². The highest BCUT2D eigenvalue weighted by molar-refractivity contribution is 7.99. The van der Waals surface area contributed by atoms with Crippen molar-refractivity contribution >= 4 is 17.4 Å². The van der Waals surface area contributed by atoms with Gasteiger partial charge in [-0.05, 0) is 47.3 Å². The van der Waals surface area contributed by atoms with E-state index in [0.717, 1.165) is 23.0 Å². The second-order valence-corrected chi connectivity index (χ2v) is 5.68. The summed E-state index contributed by atoms with van der Waals surface area (Å²) >= 11 is 1.11. The Hall–Kier alpha value is -3.32. The molecule has 0 spiro atoms. The van der Waals surface area contributed by atoms with E-state index in [0.29, 0.717) is 10.2 Å². The molecular formula is C14H9N7O2S. The summed E-state index contributed by atoms with van der Waals surface area (Å²) in [5.41, 5.74) is 1.30. The summed E-state index contributed by atoms with van der Waals surface area (Å²) in [5, 5.41) is 32.2. The van der Waals surface area contributed by atoms with Crippen LogP contribution in [0.1, 0.15) is 11.3 Å². The predicted octanol–water partition coefficient (Wildman–Crippen LogP) is 2.30. The average molecular weight is 339 g/mol. The van der Waals surface area contributed by atoms with Crippen LogP contribution >= 0.6 is 11.8 Å². The lowest BCUT2D eigenvalue weighted by molar-refractivity contribution is -0.385. The fourth-order valence-electron chi connectivity index (χ4n) is 1.90. The molecule has 0 saturated carbocycles. The van der Waals surface area contributed by atoms with Crippen LogP contribution in [0.3, 0.4) is 0 Å². The maximum atomic E-state index is 10.8. The SMILES string of the molecule is Cc1ccc(-n2nnnc2Sc2ccc([N+](=O)[O-])c(C#N)n2)cc1. The van der Waals surface area contributed by atoms with Crippen LogP contribution in [0.4, 0.5) is 5.69 Å². The van der Waals surface area contributed by atoms with Crippen molar-refractivity contribution in [2.75, 3.05) is 0 Å². The number of hydrogen-bond donors (Lipinski definition) is 0. The van der Waals surface area contributed by atoms with Crippen molar-refractivity contribution in [1.29, 1.82) is 5.26 Å². The molecule has 118 valence electrons. The van der Waals surface area contributed by atoms with Crippen molar-refractivity contribution in [2.24, 2.45) is 0 Å². The minimum atomic E-state index is -0.643. The molecule has 24 heavy (non-hydrogen) atoms. The molecule has 0 radical (unpaired) electrons. The molecule has 10 heteroatoms. The van der Waals surface area contributed by atoms with Crippen LogP contribution in [-0.2, 0) is 0 Å². The lowest BCUT2D eigenvalue weighted by atomic mass is 10.2. The molecule has 0 aliphatic rings. The first-order chi connectivity index (χ1) is 11.6.